The molecule has 0 aliphatic rings. The lowest BCUT2D eigenvalue weighted by atomic mass is 10.2. The summed E-state index contributed by atoms with van der Waals surface area (Å²) in [6.45, 7) is 3.77. The van der Waals surface area contributed by atoms with Crippen LogP contribution in [0.25, 0.3) is 0 Å². The molecule has 0 saturated carbocycles. The molecule has 0 aliphatic heterocycles. The van der Waals surface area contributed by atoms with E-state index in [9.17, 15) is 4.39 Å². The number of rotatable bonds is 7. The largest absolute Gasteiger partial charge is 0.356 e. The number of nitrogens with one attached hydrogen (secondary N) is 1. The number of aryl methyl sites for hydroxylation is 1. The quantitative estimate of drug-likeness (QED) is 0.489. The number of hydrogen-bond donors (Lipinski definition) is 1. The summed E-state index contributed by atoms with van der Waals surface area (Å²) < 4.78 is 15.1. The first kappa shape index (κ1) is 20.0. The molecule has 148 valence electrons. The van der Waals surface area contributed by atoms with Gasteiger partial charge in [-0.15, -0.1) is 21.5 Å². The van der Waals surface area contributed by atoms with Gasteiger partial charge in [0.15, 0.2) is 11.8 Å². The molecule has 0 bridgehead atoms. The van der Waals surface area contributed by atoms with E-state index in [2.05, 4.69) is 33.0 Å². The van der Waals surface area contributed by atoms with Crippen molar-refractivity contribution >= 4 is 17.3 Å². The molecule has 2 heterocycles. The second kappa shape index (κ2) is 9.45. The molecule has 0 spiro atoms. The molecule has 0 atom stereocenters. The molecular weight excluding hydrogens is 375 g/mol. The highest BCUT2D eigenvalue weighted by atomic mass is 32.1. The van der Waals surface area contributed by atoms with Crippen molar-refractivity contribution in [3.63, 3.8) is 0 Å². The van der Waals surface area contributed by atoms with E-state index in [4.69, 9.17) is 4.99 Å². The molecule has 0 unspecified atom stereocenters. The molecule has 0 radical (unpaired) electrons. The third-order valence-corrected chi connectivity index (χ3v) is 5.42. The van der Waals surface area contributed by atoms with E-state index in [1.165, 1.54) is 17.0 Å². The lowest BCUT2D eigenvalue weighted by Crippen LogP contribution is -2.39. The summed E-state index contributed by atoms with van der Waals surface area (Å²) in [7, 11) is 3.91. The summed E-state index contributed by atoms with van der Waals surface area (Å²) in [6.07, 6.45) is 0.935. The van der Waals surface area contributed by atoms with Gasteiger partial charge in [-0.25, -0.2) is 9.38 Å². The Kier molecular flexibility index (Phi) is 6.76. The van der Waals surface area contributed by atoms with Crippen molar-refractivity contribution in [3.05, 3.63) is 69.7 Å². The third kappa shape index (κ3) is 5.39. The topological polar surface area (TPSA) is 58.3 Å². The van der Waals surface area contributed by atoms with Gasteiger partial charge in [0.2, 0.25) is 0 Å². The van der Waals surface area contributed by atoms with Crippen LogP contribution in [0.2, 0.25) is 0 Å². The Morgan fingerprint density at radius 3 is 2.68 bits per heavy atom. The summed E-state index contributed by atoms with van der Waals surface area (Å²) in [6, 6.07) is 10.7. The molecular formula is C20H25FN6S. The molecule has 1 N–H and O–H groups in total. The molecule has 0 aliphatic carbocycles. The highest BCUT2D eigenvalue weighted by Crippen LogP contribution is 2.09. The fraction of sp³-hybridized carbons (Fsp3) is 0.350. The molecule has 28 heavy (non-hydrogen) atoms. The van der Waals surface area contributed by atoms with Crippen LogP contribution in [0, 0.1) is 12.7 Å². The standard InChI is InChI=1S/C20H25FN6S/c1-15-24-25-19(27(15)3)13-23-20(22-11-10-18-5-4-12-28-18)26(2)14-16-6-8-17(21)9-7-16/h4-9,12H,10-11,13-14H2,1-3H3,(H,22,23). The fourth-order valence-electron chi connectivity index (χ4n) is 2.74. The molecule has 6 nitrogen and oxygen atoms in total. The lowest BCUT2D eigenvalue weighted by molar-refractivity contribution is 0.474. The monoisotopic (exact) mass is 400 g/mol. The van der Waals surface area contributed by atoms with Gasteiger partial charge in [-0.3, -0.25) is 0 Å². The molecule has 2 aromatic heterocycles. The molecule has 0 amide bonds. The van der Waals surface area contributed by atoms with Crippen LogP contribution in [-0.4, -0.2) is 39.2 Å². The van der Waals surface area contributed by atoms with Crippen molar-refractivity contribution in [1.82, 2.24) is 25.0 Å². The minimum Gasteiger partial charge on any atom is -0.356 e. The van der Waals surface area contributed by atoms with E-state index >= 15 is 0 Å². The van der Waals surface area contributed by atoms with E-state index in [0.717, 1.165) is 36.1 Å². The second-order valence-electron chi connectivity index (χ2n) is 6.60. The van der Waals surface area contributed by atoms with Gasteiger partial charge in [-0.2, -0.15) is 0 Å². The van der Waals surface area contributed by atoms with Crippen LogP contribution in [0.15, 0.2) is 46.8 Å². The number of halogens is 1. The van der Waals surface area contributed by atoms with Crippen LogP contribution in [0.4, 0.5) is 4.39 Å². The van der Waals surface area contributed by atoms with Gasteiger partial charge in [0, 0.05) is 32.1 Å². The lowest BCUT2D eigenvalue weighted by Gasteiger charge is -2.22. The van der Waals surface area contributed by atoms with Gasteiger partial charge in [-0.1, -0.05) is 18.2 Å². The van der Waals surface area contributed by atoms with Gasteiger partial charge in [0.05, 0.1) is 0 Å². The summed E-state index contributed by atoms with van der Waals surface area (Å²) in [5, 5.41) is 13.8. The predicted octanol–water partition coefficient (Wildman–Crippen LogP) is 3.14. The number of thiophene rings is 1. The molecule has 0 saturated heterocycles. The summed E-state index contributed by atoms with van der Waals surface area (Å²) in [5.74, 6) is 2.22. The van der Waals surface area contributed by atoms with E-state index in [0.29, 0.717) is 13.1 Å². The maximum absolute atomic E-state index is 13.2. The SMILES string of the molecule is Cc1nnc(CN=C(NCCc2cccs2)N(C)Cc2ccc(F)cc2)n1C. The van der Waals surface area contributed by atoms with Gasteiger partial charge in [0.1, 0.15) is 18.2 Å². The van der Waals surface area contributed by atoms with Crippen molar-refractivity contribution in [2.24, 2.45) is 12.0 Å². The Bertz CT molecular complexity index is 901. The van der Waals surface area contributed by atoms with Crippen LogP contribution in [0.1, 0.15) is 22.1 Å². The average molecular weight is 401 g/mol. The minimum absolute atomic E-state index is 0.230. The van der Waals surface area contributed by atoms with Crippen LogP contribution < -0.4 is 5.32 Å². The fourth-order valence-corrected chi connectivity index (χ4v) is 3.45. The van der Waals surface area contributed by atoms with Gasteiger partial charge >= 0.3 is 0 Å². The predicted molar refractivity (Wildman–Crippen MR) is 111 cm³/mol. The minimum atomic E-state index is -0.230. The smallest absolute Gasteiger partial charge is 0.194 e. The first-order valence-corrected chi connectivity index (χ1v) is 10.0. The number of aliphatic imine (C=N–C) groups is 1. The maximum atomic E-state index is 13.2. The van der Waals surface area contributed by atoms with E-state index in [1.54, 1.807) is 23.5 Å². The first-order valence-electron chi connectivity index (χ1n) is 9.14. The normalized spacial score (nSPS) is 11.6. The summed E-state index contributed by atoms with van der Waals surface area (Å²) >= 11 is 1.75. The highest BCUT2D eigenvalue weighted by Gasteiger charge is 2.10. The zero-order valence-electron chi connectivity index (χ0n) is 16.4. The van der Waals surface area contributed by atoms with Crippen molar-refractivity contribution in [3.8, 4) is 0 Å². The number of guanidine groups is 1. The van der Waals surface area contributed by atoms with Gasteiger partial charge in [0.25, 0.3) is 0 Å². The average Bonchev–Trinajstić information content (AvgIpc) is 3.31. The zero-order valence-corrected chi connectivity index (χ0v) is 17.2. The summed E-state index contributed by atoms with van der Waals surface area (Å²) in [4.78, 5) is 8.10. The summed E-state index contributed by atoms with van der Waals surface area (Å²) in [5.41, 5.74) is 1.02. The third-order valence-electron chi connectivity index (χ3n) is 4.48. The van der Waals surface area contributed by atoms with E-state index in [1.807, 2.05) is 30.5 Å². The maximum Gasteiger partial charge on any atom is 0.194 e. The Balaban J connectivity index is 1.69. The van der Waals surface area contributed by atoms with Crippen LogP contribution >= 0.6 is 11.3 Å². The highest BCUT2D eigenvalue weighted by molar-refractivity contribution is 7.09. The molecule has 1 aromatic carbocycles. The van der Waals surface area contributed by atoms with Crippen LogP contribution in [0.5, 0.6) is 0 Å². The van der Waals surface area contributed by atoms with Crippen molar-refractivity contribution in [2.45, 2.75) is 26.4 Å². The molecule has 3 rings (SSSR count). The Morgan fingerprint density at radius 1 is 1.25 bits per heavy atom. The molecule has 8 heteroatoms. The zero-order chi connectivity index (χ0) is 19.9. The van der Waals surface area contributed by atoms with Crippen molar-refractivity contribution < 1.29 is 4.39 Å². The molecule has 3 aromatic rings. The Hall–Kier alpha value is -2.74. The number of aromatic nitrogens is 3. The van der Waals surface area contributed by atoms with Crippen LogP contribution in [0.3, 0.4) is 0 Å². The molecule has 0 fully saturated rings. The van der Waals surface area contributed by atoms with Gasteiger partial charge in [-0.05, 0) is 42.5 Å². The van der Waals surface area contributed by atoms with E-state index < -0.39 is 0 Å². The first-order chi connectivity index (χ1) is 13.5. The van der Waals surface area contributed by atoms with E-state index in [-0.39, 0.29) is 5.82 Å². The van der Waals surface area contributed by atoms with Gasteiger partial charge < -0.3 is 14.8 Å². The number of nitrogens with zero attached hydrogens (tertiary/aromatic N) is 5. The van der Waals surface area contributed by atoms with Crippen LogP contribution in [-0.2, 0) is 26.6 Å². The van der Waals surface area contributed by atoms with Crippen molar-refractivity contribution in [2.75, 3.05) is 13.6 Å². The van der Waals surface area contributed by atoms with Crippen molar-refractivity contribution in [1.29, 1.82) is 0 Å². The second-order valence-corrected chi connectivity index (χ2v) is 7.63. The number of hydrogen-bond acceptors (Lipinski definition) is 4. The Labute approximate surface area is 168 Å². The number of benzene rings is 1. The Morgan fingerprint density at radius 2 is 2.04 bits per heavy atom.